The predicted molar refractivity (Wildman–Crippen MR) is 159 cm³/mol. The molecule has 0 saturated carbocycles. The zero-order valence-electron chi connectivity index (χ0n) is 23.2. The standard InChI is InChI=1S/C30H36ClN3O5S/c1-21-6-12-26(40-21)19-33(15-14-22-7-13-27(37-2)28(17-22)38-3)29(35)20-34(18-25-5-4-16-39-25)30(36)32-24-10-8-23(31)9-11-24/h6-13,17,25H,4-5,14-16,18-20H2,1-3H3,(H,32,36). The number of carbonyl (C=O) groups is 2. The van der Waals surface area contributed by atoms with Crippen molar-refractivity contribution in [3.8, 4) is 11.5 Å². The van der Waals surface area contributed by atoms with Gasteiger partial charge in [0.15, 0.2) is 11.5 Å². The normalized spacial score (nSPS) is 14.6. The molecule has 0 radical (unpaired) electrons. The number of benzene rings is 2. The second-order valence-corrected chi connectivity index (χ2v) is 11.5. The summed E-state index contributed by atoms with van der Waals surface area (Å²) in [6.45, 7) is 3.95. The van der Waals surface area contributed by atoms with Gasteiger partial charge in [-0.1, -0.05) is 17.7 Å². The van der Waals surface area contributed by atoms with Crippen molar-refractivity contribution in [1.29, 1.82) is 0 Å². The maximum Gasteiger partial charge on any atom is 0.322 e. The second-order valence-electron chi connectivity index (χ2n) is 9.72. The summed E-state index contributed by atoms with van der Waals surface area (Å²) >= 11 is 7.67. The van der Waals surface area contributed by atoms with Gasteiger partial charge in [-0.3, -0.25) is 4.79 Å². The number of aryl methyl sites for hydroxylation is 1. The lowest BCUT2D eigenvalue weighted by Gasteiger charge is -2.29. The lowest BCUT2D eigenvalue weighted by molar-refractivity contribution is -0.132. The van der Waals surface area contributed by atoms with E-state index in [4.69, 9.17) is 25.8 Å². The largest absolute Gasteiger partial charge is 0.493 e. The van der Waals surface area contributed by atoms with Crippen LogP contribution in [0.25, 0.3) is 0 Å². The van der Waals surface area contributed by atoms with Gasteiger partial charge in [0.05, 0.1) is 26.9 Å². The van der Waals surface area contributed by atoms with Crippen LogP contribution in [-0.4, -0.2) is 68.3 Å². The highest BCUT2D eigenvalue weighted by Crippen LogP contribution is 2.28. The Morgan fingerprint density at radius 1 is 1.05 bits per heavy atom. The van der Waals surface area contributed by atoms with E-state index >= 15 is 0 Å². The van der Waals surface area contributed by atoms with E-state index in [9.17, 15) is 9.59 Å². The molecule has 1 aromatic heterocycles. The van der Waals surface area contributed by atoms with E-state index in [0.29, 0.717) is 54.9 Å². The van der Waals surface area contributed by atoms with Gasteiger partial charge < -0.3 is 29.3 Å². The Morgan fingerprint density at radius 2 is 1.82 bits per heavy atom. The topological polar surface area (TPSA) is 80.3 Å². The summed E-state index contributed by atoms with van der Waals surface area (Å²) in [7, 11) is 3.21. The average molecular weight is 586 g/mol. The van der Waals surface area contributed by atoms with Gasteiger partial charge in [-0.05, 0) is 80.3 Å². The van der Waals surface area contributed by atoms with Crippen LogP contribution in [0.5, 0.6) is 11.5 Å². The summed E-state index contributed by atoms with van der Waals surface area (Å²) in [4.78, 5) is 32.8. The quantitative estimate of drug-likeness (QED) is 0.281. The van der Waals surface area contributed by atoms with Crippen molar-refractivity contribution in [2.75, 3.05) is 45.8 Å². The number of thiophene rings is 1. The van der Waals surface area contributed by atoms with Crippen molar-refractivity contribution in [2.45, 2.75) is 38.8 Å². The van der Waals surface area contributed by atoms with Crippen LogP contribution in [0.4, 0.5) is 10.5 Å². The molecule has 2 heterocycles. The highest BCUT2D eigenvalue weighted by atomic mass is 35.5. The summed E-state index contributed by atoms with van der Waals surface area (Å²) in [5, 5.41) is 3.48. The van der Waals surface area contributed by atoms with Gasteiger partial charge in [-0.25, -0.2) is 4.79 Å². The Labute approximate surface area is 244 Å². The number of nitrogens with one attached hydrogen (secondary N) is 1. The first-order valence-corrected chi connectivity index (χ1v) is 14.5. The van der Waals surface area contributed by atoms with Crippen LogP contribution >= 0.6 is 22.9 Å². The molecule has 0 spiro atoms. The first-order valence-electron chi connectivity index (χ1n) is 13.3. The van der Waals surface area contributed by atoms with Gasteiger partial charge in [0, 0.05) is 40.2 Å². The number of amides is 3. The van der Waals surface area contributed by atoms with Crippen molar-refractivity contribution >= 4 is 40.6 Å². The van der Waals surface area contributed by atoms with E-state index in [-0.39, 0.29) is 24.6 Å². The number of nitrogens with zero attached hydrogens (tertiary/aromatic N) is 2. The predicted octanol–water partition coefficient (Wildman–Crippen LogP) is 6.01. The van der Waals surface area contributed by atoms with Gasteiger partial charge in [0.1, 0.15) is 6.54 Å². The molecule has 4 rings (SSSR count). The van der Waals surface area contributed by atoms with Crippen molar-refractivity contribution in [3.05, 3.63) is 74.9 Å². The Morgan fingerprint density at radius 3 is 2.48 bits per heavy atom. The van der Waals surface area contributed by atoms with Crippen molar-refractivity contribution in [2.24, 2.45) is 0 Å². The maximum absolute atomic E-state index is 13.8. The Hall–Kier alpha value is -3.27. The minimum atomic E-state index is -0.349. The summed E-state index contributed by atoms with van der Waals surface area (Å²) in [5.74, 6) is 1.17. The Balaban J connectivity index is 1.50. The number of anilines is 1. The van der Waals surface area contributed by atoms with Crippen LogP contribution in [0.15, 0.2) is 54.6 Å². The highest BCUT2D eigenvalue weighted by Gasteiger charge is 2.27. The first-order chi connectivity index (χ1) is 19.3. The number of hydrogen-bond acceptors (Lipinski definition) is 6. The van der Waals surface area contributed by atoms with Gasteiger partial charge in [0.25, 0.3) is 0 Å². The smallest absolute Gasteiger partial charge is 0.322 e. The molecule has 1 aliphatic heterocycles. The monoisotopic (exact) mass is 585 g/mol. The fourth-order valence-electron chi connectivity index (χ4n) is 4.60. The highest BCUT2D eigenvalue weighted by molar-refractivity contribution is 7.11. The molecular formula is C30H36ClN3O5S. The third-order valence-electron chi connectivity index (χ3n) is 6.77. The van der Waals surface area contributed by atoms with Crippen molar-refractivity contribution in [3.63, 3.8) is 0 Å². The SMILES string of the molecule is COc1ccc(CCN(Cc2ccc(C)s2)C(=O)CN(CC2CCCO2)C(=O)Nc2ccc(Cl)cc2)cc1OC. The number of methoxy groups -OCH3 is 2. The molecule has 1 N–H and O–H groups in total. The Kier molecular flexibility index (Phi) is 10.7. The molecule has 0 aliphatic carbocycles. The number of hydrogen-bond donors (Lipinski definition) is 1. The zero-order valence-corrected chi connectivity index (χ0v) is 24.7. The summed E-state index contributed by atoms with van der Waals surface area (Å²) in [6, 6.07) is 16.4. The van der Waals surface area contributed by atoms with Crippen LogP contribution in [0.1, 0.15) is 28.2 Å². The van der Waals surface area contributed by atoms with E-state index in [1.165, 1.54) is 4.88 Å². The molecular weight excluding hydrogens is 550 g/mol. The third-order valence-corrected chi connectivity index (χ3v) is 8.01. The fraction of sp³-hybridized carbons (Fsp3) is 0.400. The molecule has 1 unspecified atom stereocenters. The van der Waals surface area contributed by atoms with Gasteiger partial charge in [0.2, 0.25) is 5.91 Å². The summed E-state index contributed by atoms with van der Waals surface area (Å²) in [6.07, 6.45) is 2.33. The Bertz CT molecular complexity index is 1280. The van der Waals surface area contributed by atoms with Crippen LogP contribution in [0.2, 0.25) is 5.02 Å². The lowest BCUT2D eigenvalue weighted by Crippen LogP contribution is -2.47. The number of halogens is 1. The number of ether oxygens (including phenoxy) is 3. The van der Waals surface area contributed by atoms with Crippen LogP contribution in [0.3, 0.4) is 0 Å². The van der Waals surface area contributed by atoms with Crippen LogP contribution < -0.4 is 14.8 Å². The van der Waals surface area contributed by atoms with E-state index in [2.05, 4.69) is 11.4 Å². The van der Waals surface area contributed by atoms with Crippen molar-refractivity contribution in [1.82, 2.24) is 9.80 Å². The van der Waals surface area contributed by atoms with E-state index in [0.717, 1.165) is 23.3 Å². The second kappa shape index (κ2) is 14.4. The molecule has 3 amide bonds. The number of rotatable bonds is 12. The van der Waals surface area contributed by atoms with Crippen LogP contribution in [-0.2, 0) is 22.5 Å². The molecule has 1 saturated heterocycles. The molecule has 1 atom stereocenters. The van der Waals surface area contributed by atoms with Crippen LogP contribution in [0, 0.1) is 6.92 Å². The molecule has 1 fully saturated rings. The first kappa shape index (κ1) is 29.7. The number of urea groups is 1. The minimum absolute atomic E-state index is 0.0599. The summed E-state index contributed by atoms with van der Waals surface area (Å²) in [5.41, 5.74) is 1.63. The molecule has 8 nitrogen and oxygen atoms in total. The zero-order chi connectivity index (χ0) is 28.5. The van der Waals surface area contributed by atoms with Gasteiger partial charge in [-0.15, -0.1) is 11.3 Å². The molecule has 1 aliphatic rings. The minimum Gasteiger partial charge on any atom is -0.493 e. The van der Waals surface area contributed by atoms with E-state index < -0.39 is 0 Å². The molecule has 2 aromatic carbocycles. The average Bonchev–Trinajstić information content (AvgIpc) is 3.63. The maximum atomic E-state index is 13.8. The van der Waals surface area contributed by atoms with Gasteiger partial charge >= 0.3 is 6.03 Å². The molecule has 214 valence electrons. The third kappa shape index (κ3) is 8.36. The molecule has 0 bridgehead atoms. The van der Waals surface area contributed by atoms with E-state index in [1.54, 1.807) is 54.7 Å². The molecule has 10 heteroatoms. The number of carbonyl (C=O) groups excluding carboxylic acids is 2. The summed E-state index contributed by atoms with van der Waals surface area (Å²) < 4.78 is 16.6. The van der Waals surface area contributed by atoms with Crippen molar-refractivity contribution < 1.29 is 23.8 Å². The molecule has 40 heavy (non-hydrogen) atoms. The fourth-order valence-corrected chi connectivity index (χ4v) is 5.63. The molecule has 3 aromatic rings. The van der Waals surface area contributed by atoms with E-state index in [1.807, 2.05) is 36.1 Å². The lowest BCUT2D eigenvalue weighted by atomic mass is 10.1. The van der Waals surface area contributed by atoms with Gasteiger partial charge in [-0.2, -0.15) is 0 Å².